The monoisotopic (exact) mass is 241 g/mol. The number of ether oxygens (including phenoxy) is 1. The number of nitrogens with one attached hydrogen (secondary N) is 1. The Balaban J connectivity index is 2.43. The van der Waals surface area contributed by atoms with Gasteiger partial charge in [0.1, 0.15) is 6.54 Å². The molecule has 1 aromatic rings. The van der Waals surface area contributed by atoms with Gasteiger partial charge in [-0.15, -0.1) is 0 Å². The maximum Gasteiger partial charge on any atom is 0.411 e. The molecule has 0 fully saturated rings. The smallest absolute Gasteiger partial charge is 0.411 e. The summed E-state index contributed by atoms with van der Waals surface area (Å²) in [5.41, 5.74) is 0.403. The number of carbonyl (C=O) groups excluding carboxylic acids is 1. The lowest BCUT2D eigenvalue weighted by Gasteiger charge is -2.06. The van der Waals surface area contributed by atoms with Crippen LogP contribution in [0.1, 0.15) is 13.8 Å². The van der Waals surface area contributed by atoms with Gasteiger partial charge in [-0.05, 0) is 5.92 Å². The van der Waals surface area contributed by atoms with Crippen molar-refractivity contribution in [1.82, 2.24) is 9.78 Å². The second-order valence-electron chi connectivity index (χ2n) is 3.94. The van der Waals surface area contributed by atoms with Gasteiger partial charge in [0.25, 0.3) is 0 Å². The molecule has 0 aliphatic rings. The number of aliphatic carboxylic acids is 1. The third-order valence-corrected chi connectivity index (χ3v) is 1.72. The van der Waals surface area contributed by atoms with E-state index < -0.39 is 12.1 Å². The molecule has 1 heterocycles. The van der Waals surface area contributed by atoms with Gasteiger partial charge in [-0.3, -0.25) is 14.8 Å². The zero-order chi connectivity index (χ0) is 12.8. The molecule has 7 nitrogen and oxygen atoms in total. The molecule has 0 bridgehead atoms. The van der Waals surface area contributed by atoms with Crippen LogP contribution in [0.15, 0.2) is 12.4 Å². The highest BCUT2D eigenvalue weighted by Gasteiger charge is 2.07. The van der Waals surface area contributed by atoms with Crippen molar-refractivity contribution in [2.45, 2.75) is 20.4 Å². The Bertz CT molecular complexity index is 400. The molecule has 0 saturated heterocycles. The van der Waals surface area contributed by atoms with Crippen LogP contribution >= 0.6 is 0 Å². The van der Waals surface area contributed by atoms with E-state index in [-0.39, 0.29) is 12.5 Å². The predicted molar refractivity (Wildman–Crippen MR) is 59.7 cm³/mol. The van der Waals surface area contributed by atoms with Crippen molar-refractivity contribution in [3.8, 4) is 0 Å². The molecule has 0 aliphatic carbocycles. The Morgan fingerprint density at radius 3 is 2.88 bits per heavy atom. The molecule has 7 heteroatoms. The van der Waals surface area contributed by atoms with Crippen molar-refractivity contribution in [2.24, 2.45) is 5.92 Å². The minimum atomic E-state index is -0.998. The lowest BCUT2D eigenvalue weighted by molar-refractivity contribution is -0.137. The number of hydrogen-bond acceptors (Lipinski definition) is 4. The SMILES string of the molecule is CC(C)COC(=O)Nc1cnn(CC(=O)O)c1. The summed E-state index contributed by atoms with van der Waals surface area (Å²) in [6.07, 6.45) is 2.21. The normalized spacial score (nSPS) is 10.3. The van der Waals surface area contributed by atoms with Crippen LogP contribution in [0, 0.1) is 5.92 Å². The molecule has 1 aromatic heterocycles. The van der Waals surface area contributed by atoms with E-state index in [0.717, 1.165) is 0 Å². The van der Waals surface area contributed by atoms with Gasteiger partial charge in [0.15, 0.2) is 0 Å². The first kappa shape index (κ1) is 13.0. The van der Waals surface area contributed by atoms with Crippen LogP contribution in [0.2, 0.25) is 0 Å². The number of aromatic nitrogens is 2. The lowest BCUT2D eigenvalue weighted by Crippen LogP contribution is -2.16. The van der Waals surface area contributed by atoms with E-state index in [2.05, 4.69) is 10.4 Å². The maximum atomic E-state index is 11.3. The number of carboxylic acids is 1. The van der Waals surface area contributed by atoms with Gasteiger partial charge >= 0.3 is 12.1 Å². The number of hydrogen-bond donors (Lipinski definition) is 2. The molecular formula is C10H15N3O4. The fraction of sp³-hybridized carbons (Fsp3) is 0.500. The van der Waals surface area contributed by atoms with Gasteiger partial charge < -0.3 is 9.84 Å². The van der Waals surface area contributed by atoms with Crippen molar-refractivity contribution >= 4 is 17.7 Å². The van der Waals surface area contributed by atoms with Crippen LogP contribution in [-0.4, -0.2) is 33.6 Å². The first-order chi connectivity index (χ1) is 7.97. The van der Waals surface area contributed by atoms with Crippen LogP contribution in [0.3, 0.4) is 0 Å². The van der Waals surface area contributed by atoms with Crippen LogP contribution < -0.4 is 5.32 Å². The first-order valence-electron chi connectivity index (χ1n) is 5.15. The largest absolute Gasteiger partial charge is 0.480 e. The molecule has 94 valence electrons. The van der Waals surface area contributed by atoms with Crippen molar-refractivity contribution in [3.63, 3.8) is 0 Å². The molecule has 0 atom stereocenters. The first-order valence-corrected chi connectivity index (χ1v) is 5.15. The van der Waals surface area contributed by atoms with E-state index in [0.29, 0.717) is 12.3 Å². The molecular weight excluding hydrogens is 226 g/mol. The molecule has 0 saturated carbocycles. The number of anilines is 1. The van der Waals surface area contributed by atoms with Gasteiger partial charge in [0, 0.05) is 6.20 Å². The molecule has 0 aliphatic heterocycles. The average Bonchev–Trinajstić information content (AvgIpc) is 2.61. The second-order valence-corrected chi connectivity index (χ2v) is 3.94. The van der Waals surface area contributed by atoms with Crippen molar-refractivity contribution in [2.75, 3.05) is 11.9 Å². The minimum Gasteiger partial charge on any atom is -0.480 e. The molecule has 1 rings (SSSR count). The number of rotatable bonds is 5. The van der Waals surface area contributed by atoms with E-state index in [9.17, 15) is 9.59 Å². The number of nitrogens with zero attached hydrogens (tertiary/aromatic N) is 2. The van der Waals surface area contributed by atoms with Crippen molar-refractivity contribution < 1.29 is 19.4 Å². The molecule has 2 N–H and O–H groups in total. The summed E-state index contributed by atoms with van der Waals surface area (Å²) in [6, 6.07) is 0. The summed E-state index contributed by atoms with van der Waals surface area (Å²) in [4.78, 5) is 21.7. The van der Waals surface area contributed by atoms with Crippen molar-refractivity contribution in [1.29, 1.82) is 0 Å². The van der Waals surface area contributed by atoms with E-state index in [1.165, 1.54) is 17.1 Å². The third kappa shape index (κ3) is 5.01. The molecule has 0 spiro atoms. The fourth-order valence-corrected chi connectivity index (χ4v) is 1.05. The molecule has 0 aromatic carbocycles. The summed E-state index contributed by atoms with van der Waals surface area (Å²) < 4.78 is 6.10. The lowest BCUT2D eigenvalue weighted by atomic mass is 10.2. The second kappa shape index (κ2) is 5.88. The van der Waals surface area contributed by atoms with Gasteiger partial charge in [-0.1, -0.05) is 13.8 Å². The molecule has 17 heavy (non-hydrogen) atoms. The van der Waals surface area contributed by atoms with Gasteiger partial charge in [-0.2, -0.15) is 5.10 Å². The highest BCUT2D eigenvalue weighted by atomic mass is 16.5. The zero-order valence-electron chi connectivity index (χ0n) is 9.71. The fourth-order valence-electron chi connectivity index (χ4n) is 1.05. The Labute approximate surface area is 98.4 Å². The Morgan fingerprint density at radius 2 is 2.29 bits per heavy atom. The van der Waals surface area contributed by atoms with Crippen LogP contribution in [0.5, 0.6) is 0 Å². The summed E-state index contributed by atoms with van der Waals surface area (Å²) in [5.74, 6) is -0.738. The highest BCUT2D eigenvalue weighted by molar-refractivity contribution is 5.84. The average molecular weight is 241 g/mol. The van der Waals surface area contributed by atoms with Gasteiger partial charge in [-0.25, -0.2) is 4.79 Å². The summed E-state index contributed by atoms with van der Waals surface area (Å²) in [5, 5.41) is 14.8. The van der Waals surface area contributed by atoms with Gasteiger partial charge in [0.05, 0.1) is 18.5 Å². The predicted octanol–water partition coefficient (Wildman–Crippen LogP) is 1.17. The Hall–Kier alpha value is -2.05. The quantitative estimate of drug-likeness (QED) is 0.807. The Kier molecular flexibility index (Phi) is 4.50. The number of carbonyl (C=O) groups is 2. The summed E-state index contributed by atoms with van der Waals surface area (Å²) in [7, 11) is 0. The van der Waals surface area contributed by atoms with Crippen LogP contribution in [-0.2, 0) is 16.1 Å². The van der Waals surface area contributed by atoms with E-state index in [1.807, 2.05) is 13.8 Å². The van der Waals surface area contributed by atoms with E-state index in [4.69, 9.17) is 9.84 Å². The molecule has 0 unspecified atom stereocenters. The van der Waals surface area contributed by atoms with Crippen molar-refractivity contribution in [3.05, 3.63) is 12.4 Å². The summed E-state index contributed by atoms with van der Waals surface area (Å²) >= 11 is 0. The molecule has 0 radical (unpaired) electrons. The minimum absolute atomic E-state index is 0.247. The zero-order valence-corrected chi connectivity index (χ0v) is 9.71. The Morgan fingerprint density at radius 1 is 1.59 bits per heavy atom. The van der Waals surface area contributed by atoms with E-state index in [1.54, 1.807) is 0 Å². The van der Waals surface area contributed by atoms with Crippen LogP contribution in [0.4, 0.5) is 10.5 Å². The molecule has 1 amide bonds. The highest BCUT2D eigenvalue weighted by Crippen LogP contribution is 2.05. The third-order valence-electron chi connectivity index (χ3n) is 1.72. The van der Waals surface area contributed by atoms with Gasteiger partial charge in [0.2, 0.25) is 0 Å². The van der Waals surface area contributed by atoms with Crippen LogP contribution in [0.25, 0.3) is 0 Å². The van der Waals surface area contributed by atoms with E-state index >= 15 is 0 Å². The maximum absolute atomic E-state index is 11.3. The topological polar surface area (TPSA) is 93.5 Å². The standard InChI is InChI=1S/C10H15N3O4/c1-7(2)6-17-10(16)12-8-3-11-13(4-8)5-9(14)15/h3-4,7H,5-6H2,1-2H3,(H,12,16)(H,14,15). The number of amides is 1. The summed E-state index contributed by atoms with van der Waals surface area (Å²) in [6.45, 7) is 3.94. The number of carboxylic acid groups (broad SMARTS) is 1.